The number of nitrogens with one attached hydrogen (secondary N) is 1. The molecule has 0 spiro atoms. The smallest absolute Gasteiger partial charge is 0.274 e. The van der Waals surface area contributed by atoms with Crippen LogP contribution in [-0.2, 0) is 5.88 Å². The van der Waals surface area contributed by atoms with Crippen molar-refractivity contribution < 1.29 is 4.79 Å². The number of hydrogen-bond donors (Lipinski definition) is 1. The zero-order chi connectivity index (χ0) is 13.0. The number of nitrogens with zero attached hydrogens (tertiary/aromatic N) is 1. The summed E-state index contributed by atoms with van der Waals surface area (Å²) < 4.78 is 0. The molecule has 0 bridgehead atoms. The molecule has 5 heteroatoms. The van der Waals surface area contributed by atoms with Crippen molar-refractivity contribution in [1.82, 2.24) is 4.98 Å². The van der Waals surface area contributed by atoms with Gasteiger partial charge in [0.25, 0.3) is 5.91 Å². The minimum atomic E-state index is -0.273. The van der Waals surface area contributed by atoms with E-state index in [1.165, 1.54) is 6.20 Å². The number of alkyl halides is 1. The average molecular weight is 281 g/mol. The van der Waals surface area contributed by atoms with Crippen LogP contribution in [0, 0.1) is 0 Å². The first kappa shape index (κ1) is 12.9. The lowest BCUT2D eigenvalue weighted by Gasteiger charge is -2.05. The van der Waals surface area contributed by atoms with Crippen molar-refractivity contribution in [2.24, 2.45) is 0 Å². The summed E-state index contributed by atoms with van der Waals surface area (Å²) in [7, 11) is 0. The van der Waals surface area contributed by atoms with E-state index in [0.29, 0.717) is 22.3 Å². The van der Waals surface area contributed by atoms with Crippen LogP contribution in [0.5, 0.6) is 0 Å². The first-order valence-corrected chi connectivity index (χ1v) is 6.18. The standard InChI is InChI=1S/C13H10Cl2N2O/c14-7-9-1-4-11(5-2-9)17-13(18)12-6-3-10(15)8-16-12/h1-6,8H,7H2,(H,17,18). The Labute approximate surface area is 115 Å². The molecule has 0 aliphatic heterocycles. The Morgan fingerprint density at radius 3 is 2.44 bits per heavy atom. The summed E-state index contributed by atoms with van der Waals surface area (Å²) in [5.41, 5.74) is 2.02. The van der Waals surface area contributed by atoms with E-state index in [9.17, 15) is 4.79 Å². The summed E-state index contributed by atoms with van der Waals surface area (Å²) >= 11 is 11.4. The van der Waals surface area contributed by atoms with Crippen LogP contribution in [0.4, 0.5) is 5.69 Å². The average Bonchev–Trinajstić information content (AvgIpc) is 2.40. The Morgan fingerprint density at radius 2 is 1.89 bits per heavy atom. The van der Waals surface area contributed by atoms with Crippen LogP contribution in [-0.4, -0.2) is 10.9 Å². The molecular formula is C13H10Cl2N2O. The molecule has 0 atom stereocenters. The minimum Gasteiger partial charge on any atom is -0.321 e. The summed E-state index contributed by atoms with van der Waals surface area (Å²) in [4.78, 5) is 15.8. The summed E-state index contributed by atoms with van der Waals surface area (Å²) in [6.45, 7) is 0. The molecule has 1 aromatic heterocycles. The Balaban J connectivity index is 2.08. The molecule has 0 saturated carbocycles. The van der Waals surface area contributed by atoms with Crippen LogP contribution >= 0.6 is 23.2 Å². The van der Waals surface area contributed by atoms with Crippen LogP contribution < -0.4 is 5.32 Å². The normalized spacial score (nSPS) is 10.1. The lowest BCUT2D eigenvalue weighted by Crippen LogP contribution is -2.13. The van der Waals surface area contributed by atoms with Gasteiger partial charge < -0.3 is 5.32 Å². The molecule has 0 radical (unpaired) electrons. The number of hydrogen-bond acceptors (Lipinski definition) is 2. The molecule has 1 N–H and O–H groups in total. The van der Waals surface area contributed by atoms with Crippen molar-refractivity contribution in [3.63, 3.8) is 0 Å². The first-order chi connectivity index (χ1) is 8.69. The van der Waals surface area contributed by atoms with Gasteiger partial charge in [-0.25, -0.2) is 4.98 Å². The highest BCUT2D eigenvalue weighted by Crippen LogP contribution is 2.13. The fraction of sp³-hybridized carbons (Fsp3) is 0.0769. The van der Waals surface area contributed by atoms with Crippen molar-refractivity contribution >= 4 is 34.8 Å². The van der Waals surface area contributed by atoms with Crippen LogP contribution in [0.2, 0.25) is 5.02 Å². The third kappa shape index (κ3) is 3.22. The quantitative estimate of drug-likeness (QED) is 0.871. The molecule has 0 unspecified atom stereocenters. The molecular weight excluding hydrogens is 271 g/mol. The minimum absolute atomic E-state index is 0.273. The molecule has 2 aromatic rings. The van der Waals surface area contributed by atoms with Crippen molar-refractivity contribution in [2.45, 2.75) is 5.88 Å². The van der Waals surface area contributed by atoms with E-state index in [4.69, 9.17) is 23.2 Å². The number of benzene rings is 1. The number of amides is 1. The largest absolute Gasteiger partial charge is 0.321 e. The molecule has 0 fully saturated rings. The van der Waals surface area contributed by atoms with Crippen molar-refractivity contribution in [3.05, 3.63) is 58.9 Å². The molecule has 2 rings (SSSR count). The lowest BCUT2D eigenvalue weighted by atomic mass is 10.2. The van der Waals surface area contributed by atoms with Gasteiger partial charge in [0.2, 0.25) is 0 Å². The van der Waals surface area contributed by atoms with E-state index in [2.05, 4.69) is 10.3 Å². The van der Waals surface area contributed by atoms with Crippen molar-refractivity contribution in [1.29, 1.82) is 0 Å². The molecule has 1 heterocycles. The topological polar surface area (TPSA) is 42.0 Å². The maximum atomic E-state index is 11.8. The van der Waals surface area contributed by atoms with Crippen molar-refractivity contribution in [2.75, 3.05) is 5.32 Å². The predicted molar refractivity (Wildman–Crippen MR) is 73.2 cm³/mol. The van der Waals surface area contributed by atoms with Gasteiger partial charge in [-0.3, -0.25) is 4.79 Å². The van der Waals surface area contributed by atoms with E-state index in [0.717, 1.165) is 5.56 Å². The van der Waals surface area contributed by atoms with E-state index >= 15 is 0 Å². The third-order valence-electron chi connectivity index (χ3n) is 2.33. The van der Waals surface area contributed by atoms with Gasteiger partial charge in [-0.1, -0.05) is 23.7 Å². The van der Waals surface area contributed by atoms with Crippen LogP contribution in [0.3, 0.4) is 0 Å². The molecule has 0 saturated heterocycles. The molecule has 0 aliphatic carbocycles. The highest BCUT2D eigenvalue weighted by atomic mass is 35.5. The van der Waals surface area contributed by atoms with Crippen LogP contribution in [0.1, 0.15) is 16.1 Å². The van der Waals surface area contributed by atoms with Gasteiger partial charge >= 0.3 is 0 Å². The Hall–Kier alpha value is -1.58. The Bertz CT molecular complexity index is 538. The molecule has 18 heavy (non-hydrogen) atoms. The van der Waals surface area contributed by atoms with Crippen LogP contribution in [0.25, 0.3) is 0 Å². The fourth-order valence-electron chi connectivity index (χ4n) is 1.38. The zero-order valence-corrected chi connectivity index (χ0v) is 10.9. The maximum Gasteiger partial charge on any atom is 0.274 e. The highest BCUT2D eigenvalue weighted by Gasteiger charge is 2.07. The summed E-state index contributed by atoms with van der Waals surface area (Å²) in [6, 6.07) is 10.5. The number of carbonyl (C=O) groups is 1. The number of anilines is 1. The zero-order valence-electron chi connectivity index (χ0n) is 9.36. The van der Waals surface area contributed by atoms with E-state index in [1.807, 2.05) is 12.1 Å². The predicted octanol–water partition coefficient (Wildman–Crippen LogP) is 3.73. The molecule has 92 valence electrons. The Kier molecular flexibility index (Phi) is 4.18. The maximum absolute atomic E-state index is 11.8. The molecule has 1 amide bonds. The summed E-state index contributed by atoms with van der Waals surface area (Å²) in [6.07, 6.45) is 1.44. The second-order valence-electron chi connectivity index (χ2n) is 3.65. The second-order valence-corrected chi connectivity index (χ2v) is 4.35. The third-order valence-corrected chi connectivity index (χ3v) is 2.86. The van der Waals surface area contributed by atoms with Crippen molar-refractivity contribution in [3.8, 4) is 0 Å². The van der Waals surface area contributed by atoms with Gasteiger partial charge in [-0.2, -0.15) is 0 Å². The summed E-state index contributed by atoms with van der Waals surface area (Å²) in [5.74, 6) is 0.178. The number of rotatable bonds is 3. The SMILES string of the molecule is O=C(Nc1ccc(CCl)cc1)c1ccc(Cl)cn1. The first-order valence-electron chi connectivity index (χ1n) is 5.27. The summed E-state index contributed by atoms with van der Waals surface area (Å²) in [5, 5.41) is 3.24. The number of halogens is 2. The van der Waals surface area contributed by atoms with E-state index in [-0.39, 0.29) is 5.91 Å². The van der Waals surface area contributed by atoms with Gasteiger partial charge in [0.05, 0.1) is 5.02 Å². The van der Waals surface area contributed by atoms with E-state index in [1.54, 1.807) is 24.3 Å². The Morgan fingerprint density at radius 1 is 1.17 bits per heavy atom. The highest BCUT2D eigenvalue weighted by molar-refractivity contribution is 6.30. The number of carbonyl (C=O) groups excluding carboxylic acids is 1. The molecule has 3 nitrogen and oxygen atoms in total. The van der Waals surface area contributed by atoms with Gasteiger partial charge in [-0.05, 0) is 29.8 Å². The van der Waals surface area contributed by atoms with Gasteiger partial charge in [0, 0.05) is 17.8 Å². The number of pyridine rings is 1. The van der Waals surface area contributed by atoms with Gasteiger partial charge in [-0.15, -0.1) is 11.6 Å². The molecule has 1 aromatic carbocycles. The lowest BCUT2D eigenvalue weighted by molar-refractivity contribution is 0.102. The number of aromatic nitrogens is 1. The monoisotopic (exact) mass is 280 g/mol. The second kappa shape index (κ2) is 5.85. The van der Waals surface area contributed by atoms with Gasteiger partial charge in [0.15, 0.2) is 0 Å². The fourth-order valence-corrected chi connectivity index (χ4v) is 1.67. The molecule has 0 aliphatic rings. The van der Waals surface area contributed by atoms with E-state index < -0.39 is 0 Å². The van der Waals surface area contributed by atoms with Gasteiger partial charge in [0.1, 0.15) is 5.69 Å². The van der Waals surface area contributed by atoms with Crippen LogP contribution in [0.15, 0.2) is 42.6 Å².